The van der Waals surface area contributed by atoms with E-state index in [4.69, 9.17) is 11.6 Å². The van der Waals surface area contributed by atoms with E-state index in [1.54, 1.807) is 18.3 Å². The highest BCUT2D eigenvalue weighted by atomic mass is 79.9. The number of pyridine rings is 1. The summed E-state index contributed by atoms with van der Waals surface area (Å²) in [6.45, 7) is 3.85. The Kier molecular flexibility index (Phi) is 3.04. The van der Waals surface area contributed by atoms with Crippen LogP contribution in [0.15, 0.2) is 27.6 Å². The van der Waals surface area contributed by atoms with Gasteiger partial charge in [0.15, 0.2) is 0 Å². The van der Waals surface area contributed by atoms with Crippen LogP contribution in [0.25, 0.3) is 5.65 Å². The van der Waals surface area contributed by atoms with Crippen LogP contribution in [0.1, 0.15) is 25.3 Å². The molecule has 0 unspecified atom stereocenters. The molecule has 2 heterocycles. The standard InChI is InChI=1S/C11H10BrClN2O/c1-6(2)9-10(13)14-8-5-7(12)3-4-15(8)11(9)16/h3-6H,1-2H3. The number of nitrogens with zero attached hydrogens (tertiary/aromatic N) is 2. The minimum atomic E-state index is -0.0995. The topological polar surface area (TPSA) is 34.4 Å². The van der Waals surface area contributed by atoms with Gasteiger partial charge in [0.1, 0.15) is 10.8 Å². The minimum absolute atomic E-state index is 0.0630. The van der Waals surface area contributed by atoms with Gasteiger partial charge in [-0.15, -0.1) is 0 Å². The number of fused-ring (bicyclic) bond motifs is 1. The van der Waals surface area contributed by atoms with Gasteiger partial charge in [-0.1, -0.05) is 41.4 Å². The van der Waals surface area contributed by atoms with Gasteiger partial charge in [0.05, 0.1) is 5.56 Å². The van der Waals surface area contributed by atoms with Crippen molar-refractivity contribution in [2.24, 2.45) is 0 Å². The third kappa shape index (κ3) is 1.87. The van der Waals surface area contributed by atoms with Crippen molar-refractivity contribution < 1.29 is 0 Å². The van der Waals surface area contributed by atoms with Gasteiger partial charge in [-0.25, -0.2) is 4.98 Å². The fourth-order valence-corrected chi connectivity index (χ4v) is 2.29. The quantitative estimate of drug-likeness (QED) is 0.758. The molecule has 0 radical (unpaired) electrons. The zero-order chi connectivity index (χ0) is 11.9. The van der Waals surface area contributed by atoms with Gasteiger partial charge in [0.25, 0.3) is 5.56 Å². The molecule has 0 aliphatic carbocycles. The van der Waals surface area contributed by atoms with Crippen molar-refractivity contribution in [2.75, 3.05) is 0 Å². The van der Waals surface area contributed by atoms with Crippen molar-refractivity contribution in [1.82, 2.24) is 9.38 Å². The van der Waals surface area contributed by atoms with E-state index in [0.29, 0.717) is 11.2 Å². The first kappa shape index (κ1) is 11.6. The molecule has 0 aromatic carbocycles. The van der Waals surface area contributed by atoms with Crippen LogP contribution in [0.4, 0.5) is 0 Å². The number of aromatic nitrogens is 2. The fourth-order valence-electron chi connectivity index (χ4n) is 1.58. The summed E-state index contributed by atoms with van der Waals surface area (Å²) in [5.41, 5.74) is 1.01. The number of hydrogen-bond acceptors (Lipinski definition) is 2. The van der Waals surface area contributed by atoms with Crippen molar-refractivity contribution in [3.05, 3.63) is 43.9 Å². The van der Waals surface area contributed by atoms with Crippen LogP contribution >= 0.6 is 27.5 Å². The Balaban J connectivity index is 2.89. The van der Waals surface area contributed by atoms with Gasteiger partial charge in [-0.05, 0) is 18.1 Å². The highest BCUT2D eigenvalue weighted by molar-refractivity contribution is 9.10. The molecule has 5 heteroatoms. The van der Waals surface area contributed by atoms with Crippen LogP contribution in [0, 0.1) is 0 Å². The van der Waals surface area contributed by atoms with E-state index in [-0.39, 0.29) is 16.6 Å². The summed E-state index contributed by atoms with van der Waals surface area (Å²) in [7, 11) is 0. The van der Waals surface area contributed by atoms with Crippen LogP contribution in [0.2, 0.25) is 5.15 Å². The van der Waals surface area contributed by atoms with Gasteiger partial charge in [-0.3, -0.25) is 9.20 Å². The van der Waals surface area contributed by atoms with Gasteiger partial charge in [-0.2, -0.15) is 0 Å². The Morgan fingerprint density at radius 3 is 2.81 bits per heavy atom. The summed E-state index contributed by atoms with van der Waals surface area (Å²) < 4.78 is 2.37. The average molecular weight is 302 g/mol. The third-order valence-corrected chi connectivity index (χ3v) is 3.14. The van der Waals surface area contributed by atoms with Gasteiger partial charge >= 0.3 is 0 Å². The monoisotopic (exact) mass is 300 g/mol. The lowest BCUT2D eigenvalue weighted by molar-refractivity contribution is 0.822. The van der Waals surface area contributed by atoms with E-state index >= 15 is 0 Å². The second-order valence-electron chi connectivity index (χ2n) is 3.85. The molecular weight excluding hydrogens is 291 g/mol. The van der Waals surface area contributed by atoms with E-state index in [2.05, 4.69) is 20.9 Å². The van der Waals surface area contributed by atoms with Gasteiger partial charge < -0.3 is 0 Å². The molecule has 0 spiro atoms. The smallest absolute Gasteiger partial charge is 0.262 e. The molecule has 0 bridgehead atoms. The van der Waals surface area contributed by atoms with E-state index in [1.165, 1.54) is 4.40 Å². The van der Waals surface area contributed by atoms with Crippen molar-refractivity contribution >= 4 is 33.2 Å². The highest BCUT2D eigenvalue weighted by Crippen LogP contribution is 2.20. The Hall–Kier alpha value is -0.870. The largest absolute Gasteiger partial charge is 0.269 e. The highest BCUT2D eigenvalue weighted by Gasteiger charge is 2.14. The lowest BCUT2D eigenvalue weighted by Gasteiger charge is -2.09. The molecule has 0 aliphatic rings. The van der Waals surface area contributed by atoms with Gasteiger partial charge in [0, 0.05) is 10.7 Å². The molecule has 2 rings (SSSR count). The molecule has 0 saturated carbocycles. The second-order valence-corrected chi connectivity index (χ2v) is 5.12. The normalized spacial score (nSPS) is 11.3. The molecule has 0 aliphatic heterocycles. The zero-order valence-corrected chi connectivity index (χ0v) is 11.2. The maximum Gasteiger partial charge on any atom is 0.262 e. The van der Waals surface area contributed by atoms with E-state index in [9.17, 15) is 4.79 Å². The molecule has 3 nitrogen and oxygen atoms in total. The summed E-state index contributed by atoms with van der Waals surface area (Å²) in [6, 6.07) is 3.56. The first-order valence-electron chi connectivity index (χ1n) is 4.88. The predicted molar refractivity (Wildman–Crippen MR) is 68.3 cm³/mol. The second kappa shape index (κ2) is 4.18. The van der Waals surface area contributed by atoms with Crippen LogP contribution in [0.3, 0.4) is 0 Å². The number of halogens is 2. The maximum atomic E-state index is 12.1. The predicted octanol–water partition coefficient (Wildman–Crippen LogP) is 3.23. The minimum Gasteiger partial charge on any atom is -0.269 e. The first-order chi connectivity index (χ1) is 7.50. The van der Waals surface area contributed by atoms with Crippen molar-refractivity contribution in [1.29, 1.82) is 0 Å². The molecule has 84 valence electrons. The number of rotatable bonds is 1. The summed E-state index contributed by atoms with van der Waals surface area (Å²) in [5, 5.41) is 0.290. The van der Waals surface area contributed by atoms with E-state index in [0.717, 1.165) is 4.47 Å². The Morgan fingerprint density at radius 1 is 1.50 bits per heavy atom. The molecule has 0 fully saturated rings. The summed E-state index contributed by atoms with van der Waals surface area (Å²) in [5.74, 6) is 0.0630. The third-order valence-electron chi connectivity index (χ3n) is 2.36. The van der Waals surface area contributed by atoms with Crippen LogP contribution < -0.4 is 5.56 Å². The summed E-state index contributed by atoms with van der Waals surface area (Å²) in [6.07, 6.45) is 1.69. The van der Waals surface area contributed by atoms with Crippen molar-refractivity contribution in [3.63, 3.8) is 0 Å². The van der Waals surface area contributed by atoms with Crippen LogP contribution in [-0.2, 0) is 0 Å². The Labute approximate surface area is 106 Å². The summed E-state index contributed by atoms with van der Waals surface area (Å²) in [4.78, 5) is 16.3. The maximum absolute atomic E-state index is 12.1. The van der Waals surface area contributed by atoms with Crippen LogP contribution in [-0.4, -0.2) is 9.38 Å². The average Bonchev–Trinajstić information content (AvgIpc) is 2.15. The molecule has 16 heavy (non-hydrogen) atoms. The fraction of sp³-hybridized carbons (Fsp3) is 0.273. The molecule has 0 N–H and O–H groups in total. The Morgan fingerprint density at radius 2 is 2.19 bits per heavy atom. The lowest BCUT2D eigenvalue weighted by Crippen LogP contribution is -2.21. The number of hydrogen-bond donors (Lipinski definition) is 0. The molecule has 2 aromatic heterocycles. The van der Waals surface area contributed by atoms with Gasteiger partial charge in [0.2, 0.25) is 0 Å². The SMILES string of the molecule is CC(C)c1c(Cl)nc2cc(Br)ccn2c1=O. The first-order valence-corrected chi connectivity index (χ1v) is 6.05. The zero-order valence-electron chi connectivity index (χ0n) is 8.87. The van der Waals surface area contributed by atoms with Crippen molar-refractivity contribution in [2.45, 2.75) is 19.8 Å². The summed E-state index contributed by atoms with van der Waals surface area (Å²) >= 11 is 9.35. The molecule has 0 amide bonds. The van der Waals surface area contributed by atoms with E-state index < -0.39 is 0 Å². The molecule has 0 saturated heterocycles. The molecule has 0 atom stereocenters. The molecular formula is C11H10BrClN2O. The van der Waals surface area contributed by atoms with Crippen molar-refractivity contribution in [3.8, 4) is 0 Å². The van der Waals surface area contributed by atoms with Crippen LogP contribution in [0.5, 0.6) is 0 Å². The molecule has 2 aromatic rings. The van der Waals surface area contributed by atoms with E-state index in [1.807, 2.05) is 13.8 Å². The Bertz CT molecular complexity index is 607. The lowest BCUT2D eigenvalue weighted by atomic mass is 10.1.